The van der Waals surface area contributed by atoms with Gasteiger partial charge in [0, 0.05) is 12.6 Å². The molecule has 3 rings (SSSR count). The Morgan fingerprint density at radius 3 is 2.39 bits per heavy atom. The average Bonchev–Trinajstić information content (AvgIpc) is 3.11. The Hall–Kier alpha value is -0.780. The normalized spacial score (nSPS) is 31.6. The summed E-state index contributed by atoms with van der Waals surface area (Å²) >= 11 is 0. The molecule has 3 aliphatic rings. The molecular weight excluding hydrogens is 245 g/mol. The molecule has 18 heavy (non-hydrogen) atoms. The monoisotopic (exact) mass is 262 g/mol. The van der Waals surface area contributed by atoms with Gasteiger partial charge in [-0.05, 0) is 38.5 Å². The van der Waals surface area contributed by atoms with Gasteiger partial charge in [-0.2, -0.15) is 13.2 Å². The van der Waals surface area contributed by atoms with Crippen molar-refractivity contribution >= 4 is 5.91 Å². The smallest absolute Gasteiger partial charge is 0.327 e. The fraction of sp³-hybridized carbons (Fsp3) is 0.917. The van der Waals surface area contributed by atoms with Crippen LogP contribution >= 0.6 is 0 Å². The van der Waals surface area contributed by atoms with Crippen molar-refractivity contribution in [1.82, 2.24) is 10.2 Å². The molecular formula is C12H17F3N2O. The number of carbonyl (C=O) groups excluding carboxylic acids is 1. The number of carbonyl (C=O) groups is 1. The fourth-order valence-electron chi connectivity index (χ4n) is 2.81. The highest BCUT2D eigenvalue weighted by Crippen LogP contribution is 2.54. The molecule has 102 valence electrons. The van der Waals surface area contributed by atoms with Crippen LogP contribution in [0.5, 0.6) is 0 Å². The van der Waals surface area contributed by atoms with Gasteiger partial charge in [-0.25, -0.2) is 0 Å². The molecule has 1 atom stereocenters. The van der Waals surface area contributed by atoms with E-state index in [2.05, 4.69) is 5.32 Å². The van der Waals surface area contributed by atoms with Crippen LogP contribution in [0.25, 0.3) is 0 Å². The summed E-state index contributed by atoms with van der Waals surface area (Å²) in [6.45, 7) is 0.251. The topological polar surface area (TPSA) is 32.3 Å². The molecule has 0 aromatic rings. The fourth-order valence-corrected chi connectivity index (χ4v) is 2.81. The van der Waals surface area contributed by atoms with E-state index in [4.69, 9.17) is 0 Å². The largest absolute Gasteiger partial charge is 0.411 e. The van der Waals surface area contributed by atoms with Crippen molar-refractivity contribution in [3.05, 3.63) is 0 Å². The van der Waals surface area contributed by atoms with E-state index in [1.54, 1.807) is 0 Å². The van der Waals surface area contributed by atoms with Crippen molar-refractivity contribution in [2.45, 2.75) is 62.3 Å². The highest BCUT2D eigenvalue weighted by molar-refractivity contribution is 5.84. The number of amides is 1. The molecule has 2 saturated carbocycles. The maximum absolute atomic E-state index is 13.0. The number of hydrogen-bond donors (Lipinski definition) is 1. The Balaban J connectivity index is 1.73. The van der Waals surface area contributed by atoms with E-state index in [0.29, 0.717) is 18.9 Å². The van der Waals surface area contributed by atoms with E-state index in [9.17, 15) is 18.0 Å². The maximum atomic E-state index is 13.0. The minimum Gasteiger partial charge on any atom is -0.327 e. The third-order valence-corrected chi connectivity index (χ3v) is 4.22. The lowest BCUT2D eigenvalue weighted by Crippen LogP contribution is -2.59. The summed E-state index contributed by atoms with van der Waals surface area (Å²) in [6, 6.07) is -0.0500. The summed E-state index contributed by atoms with van der Waals surface area (Å²) in [5.74, 6) is -0.344. The summed E-state index contributed by atoms with van der Waals surface area (Å²) < 4.78 is 39.1. The van der Waals surface area contributed by atoms with Gasteiger partial charge < -0.3 is 10.2 Å². The zero-order valence-corrected chi connectivity index (χ0v) is 10.1. The van der Waals surface area contributed by atoms with E-state index in [-0.39, 0.29) is 25.3 Å². The van der Waals surface area contributed by atoms with E-state index in [1.807, 2.05) is 0 Å². The number of nitrogens with one attached hydrogen (secondary N) is 1. The number of hydrogen-bond acceptors (Lipinski definition) is 2. The second-order valence-corrected chi connectivity index (χ2v) is 5.65. The van der Waals surface area contributed by atoms with Crippen molar-refractivity contribution in [3.8, 4) is 0 Å². The molecule has 0 radical (unpaired) electrons. The van der Waals surface area contributed by atoms with Gasteiger partial charge in [-0.15, -0.1) is 0 Å². The van der Waals surface area contributed by atoms with Gasteiger partial charge >= 0.3 is 6.18 Å². The highest BCUT2D eigenvalue weighted by atomic mass is 19.4. The lowest BCUT2D eigenvalue weighted by molar-refractivity contribution is -0.203. The van der Waals surface area contributed by atoms with Gasteiger partial charge in [-0.3, -0.25) is 4.79 Å². The van der Waals surface area contributed by atoms with Crippen molar-refractivity contribution in [2.24, 2.45) is 0 Å². The molecule has 1 saturated heterocycles. The number of nitrogens with zero attached hydrogens (tertiary/aromatic N) is 1. The predicted octanol–water partition coefficient (Wildman–Crippen LogP) is 1.82. The predicted molar refractivity (Wildman–Crippen MR) is 58.9 cm³/mol. The SMILES string of the molecule is O=C1C(NC2CC2)CCCN1C1(C(F)(F)F)CC1. The number of alkyl halides is 3. The molecule has 0 aromatic carbocycles. The van der Waals surface area contributed by atoms with Crippen LogP contribution in [0.4, 0.5) is 13.2 Å². The van der Waals surface area contributed by atoms with Crippen LogP contribution in [0, 0.1) is 0 Å². The molecule has 2 aliphatic carbocycles. The maximum Gasteiger partial charge on any atom is 0.411 e. The second kappa shape index (κ2) is 3.85. The van der Waals surface area contributed by atoms with Crippen LogP contribution in [0.3, 0.4) is 0 Å². The van der Waals surface area contributed by atoms with Crippen molar-refractivity contribution in [1.29, 1.82) is 0 Å². The first-order valence-corrected chi connectivity index (χ1v) is 6.58. The summed E-state index contributed by atoms with van der Waals surface area (Å²) in [6.07, 6.45) is -0.753. The van der Waals surface area contributed by atoms with E-state index >= 15 is 0 Å². The minimum atomic E-state index is -4.29. The first-order chi connectivity index (χ1) is 8.44. The van der Waals surface area contributed by atoms with E-state index in [0.717, 1.165) is 17.7 Å². The van der Waals surface area contributed by atoms with Crippen LogP contribution in [-0.4, -0.2) is 41.2 Å². The Kier molecular flexibility index (Phi) is 2.63. The summed E-state index contributed by atoms with van der Waals surface area (Å²) in [5.41, 5.74) is -1.84. The first kappa shape index (κ1) is 12.3. The third-order valence-electron chi connectivity index (χ3n) is 4.22. The first-order valence-electron chi connectivity index (χ1n) is 6.58. The zero-order chi connectivity index (χ0) is 13.0. The molecule has 1 aliphatic heterocycles. The van der Waals surface area contributed by atoms with E-state index in [1.165, 1.54) is 0 Å². The van der Waals surface area contributed by atoms with Gasteiger partial charge in [0.25, 0.3) is 0 Å². The quantitative estimate of drug-likeness (QED) is 0.841. The Morgan fingerprint density at radius 1 is 1.22 bits per heavy atom. The number of rotatable bonds is 3. The van der Waals surface area contributed by atoms with E-state index < -0.39 is 17.8 Å². The molecule has 3 fully saturated rings. The van der Waals surface area contributed by atoms with Gasteiger partial charge in [0.15, 0.2) is 0 Å². The van der Waals surface area contributed by atoms with Crippen molar-refractivity contribution in [2.75, 3.05) is 6.54 Å². The third kappa shape index (κ3) is 1.90. The zero-order valence-electron chi connectivity index (χ0n) is 10.1. The molecule has 1 amide bonds. The molecule has 0 bridgehead atoms. The van der Waals surface area contributed by atoms with Gasteiger partial charge in [-0.1, -0.05) is 0 Å². The number of likely N-dealkylation sites (tertiary alicyclic amines) is 1. The molecule has 1 unspecified atom stereocenters. The van der Waals surface area contributed by atoms with Crippen molar-refractivity contribution in [3.63, 3.8) is 0 Å². The lowest BCUT2D eigenvalue weighted by atomic mass is 10.0. The van der Waals surface area contributed by atoms with Crippen molar-refractivity contribution < 1.29 is 18.0 Å². The highest BCUT2D eigenvalue weighted by Gasteiger charge is 2.68. The lowest BCUT2D eigenvalue weighted by Gasteiger charge is -2.39. The number of halogens is 3. The van der Waals surface area contributed by atoms with Crippen LogP contribution in [0.2, 0.25) is 0 Å². The van der Waals surface area contributed by atoms with Gasteiger partial charge in [0.2, 0.25) is 5.91 Å². The second-order valence-electron chi connectivity index (χ2n) is 5.65. The molecule has 1 N–H and O–H groups in total. The van der Waals surface area contributed by atoms with Gasteiger partial charge in [0.1, 0.15) is 5.54 Å². The molecule has 6 heteroatoms. The molecule has 1 heterocycles. The van der Waals surface area contributed by atoms with Crippen LogP contribution in [0.15, 0.2) is 0 Å². The summed E-state index contributed by atoms with van der Waals surface area (Å²) in [5, 5.41) is 3.17. The Bertz CT molecular complexity index is 361. The van der Waals surface area contributed by atoms with Crippen LogP contribution in [-0.2, 0) is 4.79 Å². The van der Waals surface area contributed by atoms with Crippen LogP contribution in [0.1, 0.15) is 38.5 Å². The Morgan fingerprint density at radius 2 is 1.89 bits per heavy atom. The average molecular weight is 262 g/mol. The molecule has 0 spiro atoms. The summed E-state index contributed by atoms with van der Waals surface area (Å²) in [7, 11) is 0. The molecule has 3 nitrogen and oxygen atoms in total. The minimum absolute atomic E-state index is 0.0678. The van der Waals surface area contributed by atoms with Crippen LogP contribution < -0.4 is 5.32 Å². The standard InChI is InChI=1S/C12H17F3N2O/c13-12(14,15)11(5-6-11)17-7-1-2-9(10(17)18)16-8-3-4-8/h8-9,16H,1-7H2. The Labute approximate surface area is 104 Å². The molecule has 0 aromatic heterocycles. The van der Waals surface area contributed by atoms with Gasteiger partial charge in [0.05, 0.1) is 6.04 Å². The summed E-state index contributed by atoms with van der Waals surface area (Å²) in [4.78, 5) is 13.3. The number of piperidine rings is 1.